The van der Waals surface area contributed by atoms with Crippen LogP contribution in [0.3, 0.4) is 0 Å². The third-order valence-corrected chi connectivity index (χ3v) is 6.03. The van der Waals surface area contributed by atoms with Gasteiger partial charge in [0.25, 0.3) is 0 Å². The lowest BCUT2D eigenvalue weighted by atomic mass is 10.2. The molecule has 2 N–H and O–H groups in total. The second-order valence-electron chi connectivity index (χ2n) is 6.79. The van der Waals surface area contributed by atoms with E-state index in [0.29, 0.717) is 4.68 Å². The number of benzene rings is 2. The van der Waals surface area contributed by atoms with E-state index in [-0.39, 0.29) is 53.2 Å². The van der Waals surface area contributed by atoms with Crippen LogP contribution in [-0.2, 0) is 10.0 Å². The Kier molecular flexibility index (Phi) is 9.59. The summed E-state index contributed by atoms with van der Waals surface area (Å²) in [5, 5.41) is 12.7. The summed E-state index contributed by atoms with van der Waals surface area (Å²) in [6, 6.07) is 5.20. The summed E-state index contributed by atoms with van der Waals surface area (Å²) >= 11 is 23.2. The average molecular weight is 608 g/mol. The molecule has 3 aromatic rings. The first-order valence-electron chi connectivity index (χ1n) is 9.27. The van der Waals surface area contributed by atoms with E-state index in [9.17, 15) is 26.8 Å². The number of ether oxygens (including phenoxy) is 1. The number of aromatic carboxylic acids is 1. The first-order valence-corrected chi connectivity index (χ1v) is 12.7. The van der Waals surface area contributed by atoms with Crippen LogP contribution in [0.25, 0.3) is 5.69 Å². The van der Waals surface area contributed by atoms with E-state index in [4.69, 9.17) is 56.2 Å². The van der Waals surface area contributed by atoms with E-state index < -0.39 is 28.2 Å². The second kappa shape index (κ2) is 11.6. The molecule has 36 heavy (non-hydrogen) atoms. The number of methoxy groups -OCH3 is 1. The standard InChI is InChI=1S/C11H10Cl2F2N4O3S.C8H6Cl2O3/c1-5-16-19(11(20)18(5)10(14)15)9-4-8(17-23(2,21)22)6(12)3-7(9)13;1-13-7-5(10)3-2-4(9)6(7)8(11)12/h3-4,10,17H,1-2H3;2-3H,1H3,(H,11,12). The lowest BCUT2D eigenvalue weighted by molar-refractivity contribution is 0.0639. The number of carboxylic acids is 1. The number of carboxylic acid groups (broad SMARTS) is 1. The van der Waals surface area contributed by atoms with Crippen molar-refractivity contribution in [2.24, 2.45) is 0 Å². The maximum atomic E-state index is 12.8. The summed E-state index contributed by atoms with van der Waals surface area (Å²) in [5.41, 5.74) is -1.39. The molecule has 0 spiro atoms. The van der Waals surface area contributed by atoms with Gasteiger partial charge in [-0.05, 0) is 31.2 Å². The van der Waals surface area contributed by atoms with E-state index in [1.165, 1.54) is 32.2 Å². The van der Waals surface area contributed by atoms with Gasteiger partial charge in [0.15, 0.2) is 5.75 Å². The Morgan fingerprint density at radius 1 is 1.11 bits per heavy atom. The first kappa shape index (κ1) is 29.6. The Morgan fingerprint density at radius 2 is 1.69 bits per heavy atom. The van der Waals surface area contributed by atoms with Gasteiger partial charge >= 0.3 is 18.2 Å². The van der Waals surface area contributed by atoms with Crippen molar-refractivity contribution in [1.82, 2.24) is 14.3 Å². The monoisotopic (exact) mass is 606 g/mol. The van der Waals surface area contributed by atoms with Gasteiger partial charge in [-0.25, -0.2) is 22.6 Å². The summed E-state index contributed by atoms with van der Waals surface area (Å²) in [4.78, 5) is 22.7. The highest BCUT2D eigenvalue weighted by Crippen LogP contribution is 2.34. The number of aryl methyl sites for hydroxylation is 1. The summed E-state index contributed by atoms with van der Waals surface area (Å²) < 4.78 is 56.1. The van der Waals surface area contributed by atoms with Crippen LogP contribution >= 0.6 is 46.4 Å². The molecule has 17 heteroatoms. The molecule has 1 heterocycles. The zero-order valence-corrected chi connectivity index (χ0v) is 22.2. The van der Waals surface area contributed by atoms with Crippen LogP contribution in [0, 0.1) is 6.92 Å². The summed E-state index contributed by atoms with van der Waals surface area (Å²) in [5.74, 6) is -1.31. The Balaban J connectivity index is 0.000000297. The molecule has 0 aliphatic heterocycles. The van der Waals surface area contributed by atoms with E-state index in [2.05, 4.69) is 9.82 Å². The van der Waals surface area contributed by atoms with Crippen molar-refractivity contribution in [2.75, 3.05) is 18.1 Å². The molecule has 196 valence electrons. The maximum Gasteiger partial charge on any atom is 0.355 e. The van der Waals surface area contributed by atoms with Gasteiger partial charge in [-0.15, -0.1) is 5.10 Å². The molecule has 0 aliphatic rings. The number of alkyl halides is 2. The highest BCUT2D eigenvalue weighted by Gasteiger charge is 2.21. The van der Waals surface area contributed by atoms with Crippen LogP contribution in [0.1, 0.15) is 22.7 Å². The number of hydrogen-bond acceptors (Lipinski definition) is 6. The highest BCUT2D eigenvalue weighted by atomic mass is 35.5. The molecule has 0 saturated carbocycles. The van der Waals surface area contributed by atoms with E-state index in [1.807, 2.05) is 0 Å². The minimum absolute atomic E-state index is 0.0257. The quantitative estimate of drug-likeness (QED) is 0.397. The van der Waals surface area contributed by atoms with Crippen molar-refractivity contribution in [3.8, 4) is 11.4 Å². The molecular weight excluding hydrogens is 592 g/mol. The van der Waals surface area contributed by atoms with Crippen LogP contribution in [0.15, 0.2) is 29.1 Å². The number of aromatic nitrogens is 3. The SMILES string of the molecule is COc1c(Cl)ccc(Cl)c1C(=O)O.Cc1nn(-c2cc(NS(C)(=O)=O)c(Cl)cc2Cl)c(=O)n1C(F)F. The molecule has 2 aromatic carbocycles. The molecule has 3 rings (SSSR count). The molecule has 0 saturated heterocycles. The van der Waals surface area contributed by atoms with E-state index in [1.54, 1.807) is 0 Å². The van der Waals surface area contributed by atoms with Gasteiger partial charge in [0, 0.05) is 0 Å². The third-order valence-electron chi connectivity index (χ3n) is 4.21. The van der Waals surface area contributed by atoms with Crippen LogP contribution in [0.2, 0.25) is 20.1 Å². The van der Waals surface area contributed by atoms with Gasteiger partial charge in [-0.2, -0.15) is 13.5 Å². The zero-order chi connectivity index (χ0) is 27.5. The number of halogens is 6. The molecule has 0 radical (unpaired) electrons. The number of sulfonamides is 1. The zero-order valence-electron chi connectivity index (χ0n) is 18.4. The van der Waals surface area contributed by atoms with E-state index in [0.717, 1.165) is 12.3 Å². The van der Waals surface area contributed by atoms with Crippen molar-refractivity contribution in [3.05, 3.63) is 66.2 Å². The number of nitrogens with zero attached hydrogens (tertiary/aromatic N) is 3. The molecule has 0 fully saturated rings. The van der Waals surface area contributed by atoms with Crippen LogP contribution in [0.5, 0.6) is 5.75 Å². The van der Waals surface area contributed by atoms with Crippen molar-refractivity contribution in [3.63, 3.8) is 0 Å². The molecule has 0 unspecified atom stereocenters. The first-order chi connectivity index (χ1) is 16.6. The van der Waals surface area contributed by atoms with Crippen molar-refractivity contribution in [1.29, 1.82) is 0 Å². The number of hydrogen-bond donors (Lipinski definition) is 2. The number of anilines is 1. The number of rotatable bonds is 6. The lowest BCUT2D eigenvalue weighted by Crippen LogP contribution is -2.25. The Hall–Kier alpha value is -2.58. The van der Waals surface area contributed by atoms with Crippen LogP contribution in [0.4, 0.5) is 14.5 Å². The minimum Gasteiger partial charge on any atom is -0.494 e. The van der Waals surface area contributed by atoms with Gasteiger partial charge in [-0.1, -0.05) is 46.4 Å². The fourth-order valence-electron chi connectivity index (χ4n) is 2.77. The van der Waals surface area contributed by atoms with Gasteiger partial charge in [0.05, 0.1) is 44.8 Å². The van der Waals surface area contributed by atoms with Crippen molar-refractivity contribution in [2.45, 2.75) is 13.5 Å². The van der Waals surface area contributed by atoms with Gasteiger partial charge < -0.3 is 9.84 Å². The predicted molar refractivity (Wildman–Crippen MR) is 132 cm³/mol. The molecule has 0 aliphatic carbocycles. The van der Waals surface area contributed by atoms with Gasteiger partial charge in [0.1, 0.15) is 11.4 Å². The Morgan fingerprint density at radius 3 is 2.14 bits per heavy atom. The molecule has 1 aromatic heterocycles. The molecule has 10 nitrogen and oxygen atoms in total. The largest absolute Gasteiger partial charge is 0.494 e. The van der Waals surface area contributed by atoms with Crippen molar-refractivity contribution >= 4 is 68.1 Å². The number of carbonyl (C=O) groups is 1. The van der Waals surface area contributed by atoms with Crippen LogP contribution < -0.4 is 15.1 Å². The summed E-state index contributed by atoms with van der Waals surface area (Å²) in [7, 11) is -2.31. The Labute approximate surface area is 222 Å². The third kappa shape index (κ3) is 6.79. The average Bonchev–Trinajstić information content (AvgIpc) is 3.04. The Bertz CT molecular complexity index is 1480. The van der Waals surface area contributed by atoms with E-state index >= 15 is 0 Å². The summed E-state index contributed by atoms with van der Waals surface area (Å²) in [6.07, 6.45) is 0.902. The summed E-state index contributed by atoms with van der Waals surface area (Å²) in [6.45, 7) is -1.85. The lowest BCUT2D eigenvalue weighted by Gasteiger charge is -2.10. The molecular formula is C19H16Cl4F2N4O6S. The molecule has 0 amide bonds. The topological polar surface area (TPSA) is 133 Å². The van der Waals surface area contributed by atoms with Crippen LogP contribution in [-0.4, -0.2) is 47.2 Å². The van der Waals surface area contributed by atoms with Gasteiger partial charge in [-0.3, -0.25) is 4.72 Å². The fourth-order valence-corrected chi connectivity index (χ4v) is 4.37. The second-order valence-corrected chi connectivity index (χ2v) is 10.2. The highest BCUT2D eigenvalue weighted by molar-refractivity contribution is 7.92. The minimum atomic E-state index is -3.65. The van der Waals surface area contributed by atoms with Gasteiger partial charge in [0.2, 0.25) is 10.0 Å². The smallest absolute Gasteiger partial charge is 0.355 e. The predicted octanol–water partition coefficient (Wildman–Crippen LogP) is 5.12. The van der Waals surface area contributed by atoms with Crippen molar-refractivity contribution < 1.29 is 31.8 Å². The fraction of sp³-hybridized carbons (Fsp3) is 0.211. The number of nitrogens with one attached hydrogen (secondary N) is 1. The maximum absolute atomic E-state index is 12.8. The normalized spacial score (nSPS) is 11.2. The molecule has 0 bridgehead atoms. The molecule has 0 atom stereocenters.